The van der Waals surface area contributed by atoms with Crippen LogP contribution in [-0.4, -0.2) is 18.1 Å². The van der Waals surface area contributed by atoms with Gasteiger partial charge >= 0.3 is 0 Å². The highest BCUT2D eigenvalue weighted by atomic mass is 16.5. The summed E-state index contributed by atoms with van der Waals surface area (Å²) in [6.45, 7) is 7.72. The van der Waals surface area contributed by atoms with Crippen LogP contribution in [0.15, 0.2) is 24.3 Å². The molecule has 1 rings (SSSR count). The van der Waals surface area contributed by atoms with Gasteiger partial charge in [-0.15, -0.1) is 0 Å². The molecule has 100 valence electrons. The van der Waals surface area contributed by atoms with Gasteiger partial charge in [-0.05, 0) is 31.9 Å². The molecule has 0 saturated heterocycles. The SMILES string of the molecule is CC(C)Oc1ccccc1NC(=O)C(N)C(C)C. The van der Waals surface area contributed by atoms with Gasteiger partial charge in [0.15, 0.2) is 0 Å². The van der Waals surface area contributed by atoms with Crippen LogP contribution in [0.5, 0.6) is 5.75 Å². The first kappa shape index (κ1) is 14.5. The van der Waals surface area contributed by atoms with Gasteiger partial charge in [0.2, 0.25) is 5.91 Å². The average Bonchev–Trinajstić information content (AvgIpc) is 2.29. The zero-order chi connectivity index (χ0) is 13.7. The summed E-state index contributed by atoms with van der Waals surface area (Å²) in [5.74, 6) is 0.574. The number of carbonyl (C=O) groups is 1. The topological polar surface area (TPSA) is 64.3 Å². The van der Waals surface area contributed by atoms with E-state index in [0.717, 1.165) is 0 Å². The molecule has 0 aromatic heterocycles. The number of benzene rings is 1. The number of hydrogen-bond donors (Lipinski definition) is 2. The molecule has 1 atom stereocenters. The first-order valence-electron chi connectivity index (χ1n) is 6.24. The first-order valence-corrected chi connectivity index (χ1v) is 6.24. The standard InChI is InChI=1S/C14H22N2O2/c1-9(2)13(15)14(17)16-11-7-5-6-8-12(11)18-10(3)4/h5-10,13H,15H2,1-4H3,(H,16,17). The molecule has 0 aliphatic heterocycles. The van der Waals surface area contributed by atoms with Crippen LogP contribution >= 0.6 is 0 Å². The fourth-order valence-electron chi connectivity index (χ4n) is 1.45. The number of amides is 1. The molecule has 1 aromatic rings. The Morgan fingerprint density at radius 1 is 1.22 bits per heavy atom. The lowest BCUT2D eigenvalue weighted by atomic mass is 10.0. The van der Waals surface area contributed by atoms with Crippen LogP contribution in [0.1, 0.15) is 27.7 Å². The summed E-state index contributed by atoms with van der Waals surface area (Å²) in [5, 5.41) is 2.81. The van der Waals surface area contributed by atoms with E-state index in [1.165, 1.54) is 0 Å². The van der Waals surface area contributed by atoms with Gasteiger partial charge in [0, 0.05) is 0 Å². The second-order valence-electron chi connectivity index (χ2n) is 4.92. The Morgan fingerprint density at radius 3 is 2.39 bits per heavy atom. The van der Waals surface area contributed by atoms with E-state index in [2.05, 4.69) is 5.32 Å². The fraction of sp³-hybridized carbons (Fsp3) is 0.500. The van der Waals surface area contributed by atoms with Crippen molar-refractivity contribution in [1.29, 1.82) is 0 Å². The van der Waals surface area contributed by atoms with Crippen LogP contribution in [0, 0.1) is 5.92 Å². The van der Waals surface area contributed by atoms with Gasteiger partial charge in [-0.25, -0.2) is 0 Å². The molecule has 18 heavy (non-hydrogen) atoms. The Balaban J connectivity index is 2.81. The van der Waals surface area contributed by atoms with Crippen molar-refractivity contribution in [2.75, 3.05) is 5.32 Å². The largest absolute Gasteiger partial charge is 0.489 e. The maximum atomic E-state index is 11.9. The van der Waals surface area contributed by atoms with Gasteiger partial charge in [-0.3, -0.25) is 4.79 Å². The fourth-order valence-corrected chi connectivity index (χ4v) is 1.45. The summed E-state index contributed by atoms with van der Waals surface area (Å²) in [4.78, 5) is 11.9. The van der Waals surface area contributed by atoms with Crippen molar-refractivity contribution in [2.45, 2.75) is 39.8 Å². The first-order chi connectivity index (χ1) is 8.41. The molecule has 0 bridgehead atoms. The number of hydrogen-bond acceptors (Lipinski definition) is 3. The second kappa shape index (κ2) is 6.40. The summed E-state index contributed by atoms with van der Waals surface area (Å²) >= 11 is 0. The minimum absolute atomic E-state index is 0.0572. The third-order valence-corrected chi connectivity index (χ3v) is 2.53. The number of rotatable bonds is 5. The number of carbonyl (C=O) groups excluding carboxylic acids is 1. The molecule has 0 saturated carbocycles. The van der Waals surface area contributed by atoms with Gasteiger partial charge < -0.3 is 15.8 Å². The third kappa shape index (κ3) is 4.04. The number of ether oxygens (including phenoxy) is 1. The zero-order valence-corrected chi connectivity index (χ0v) is 11.4. The maximum absolute atomic E-state index is 11.9. The molecule has 0 spiro atoms. The molecule has 4 nitrogen and oxygen atoms in total. The highest BCUT2D eigenvalue weighted by molar-refractivity contribution is 5.96. The summed E-state index contributed by atoms with van der Waals surface area (Å²) in [5.41, 5.74) is 6.47. The van der Waals surface area contributed by atoms with Crippen molar-refractivity contribution in [1.82, 2.24) is 0 Å². The normalized spacial score (nSPS) is 12.6. The second-order valence-corrected chi connectivity index (χ2v) is 4.92. The Hall–Kier alpha value is -1.55. The van der Waals surface area contributed by atoms with E-state index < -0.39 is 6.04 Å². The lowest BCUT2D eigenvalue weighted by molar-refractivity contribution is -0.118. The quantitative estimate of drug-likeness (QED) is 0.843. The van der Waals surface area contributed by atoms with E-state index in [9.17, 15) is 4.79 Å². The van der Waals surface area contributed by atoms with E-state index in [1.807, 2.05) is 52.0 Å². The van der Waals surface area contributed by atoms with E-state index in [1.54, 1.807) is 0 Å². The highest BCUT2D eigenvalue weighted by Gasteiger charge is 2.18. The summed E-state index contributed by atoms with van der Waals surface area (Å²) in [6.07, 6.45) is 0.0572. The minimum atomic E-state index is -0.517. The summed E-state index contributed by atoms with van der Waals surface area (Å²) in [6, 6.07) is 6.84. The number of para-hydroxylation sites is 2. The Kier molecular flexibility index (Phi) is 5.16. The Morgan fingerprint density at radius 2 is 1.83 bits per heavy atom. The van der Waals surface area contributed by atoms with Gasteiger partial charge in [0.1, 0.15) is 5.75 Å². The van der Waals surface area contributed by atoms with E-state index >= 15 is 0 Å². The zero-order valence-electron chi connectivity index (χ0n) is 11.4. The smallest absolute Gasteiger partial charge is 0.241 e. The van der Waals surface area contributed by atoms with E-state index in [0.29, 0.717) is 11.4 Å². The van der Waals surface area contributed by atoms with Crippen molar-refractivity contribution < 1.29 is 9.53 Å². The molecule has 0 radical (unpaired) electrons. The molecule has 0 aliphatic carbocycles. The molecule has 1 amide bonds. The van der Waals surface area contributed by atoms with Crippen LogP contribution < -0.4 is 15.8 Å². The van der Waals surface area contributed by atoms with Gasteiger partial charge in [0.05, 0.1) is 17.8 Å². The van der Waals surface area contributed by atoms with Crippen molar-refractivity contribution in [2.24, 2.45) is 11.7 Å². The van der Waals surface area contributed by atoms with Crippen LogP contribution in [0.2, 0.25) is 0 Å². The number of nitrogens with one attached hydrogen (secondary N) is 1. The van der Waals surface area contributed by atoms with Crippen molar-refractivity contribution >= 4 is 11.6 Å². The van der Waals surface area contributed by atoms with Crippen molar-refractivity contribution in [3.8, 4) is 5.75 Å². The monoisotopic (exact) mass is 250 g/mol. The molecule has 1 aromatic carbocycles. The van der Waals surface area contributed by atoms with Crippen LogP contribution in [0.25, 0.3) is 0 Å². The lowest BCUT2D eigenvalue weighted by Crippen LogP contribution is -2.39. The van der Waals surface area contributed by atoms with E-state index in [4.69, 9.17) is 10.5 Å². The maximum Gasteiger partial charge on any atom is 0.241 e. The van der Waals surface area contributed by atoms with Crippen LogP contribution in [-0.2, 0) is 4.79 Å². The van der Waals surface area contributed by atoms with Crippen molar-refractivity contribution in [3.05, 3.63) is 24.3 Å². The number of nitrogens with two attached hydrogens (primary N) is 1. The molecule has 4 heteroatoms. The molecule has 0 heterocycles. The van der Waals surface area contributed by atoms with Crippen LogP contribution in [0.3, 0.4) is 0 Å². The third-order valence-electron chi connectivity index (χ3n) is 2.53. The lowest BCUT2D eigenvalue weighted by Gasteiger charge is -2.18. The average molecular weight is 250 g/mol. The highest BCUT2D eigenvalue weighted by Crippen LogP contribution is 2.25. The van der Waals surface area contributed by atoms with Gasteiger partial charge in [-0.1, -0.05) is 26.0 Å². The molecular weight excluding hydrogens is 228 g/mol. The van der Waals surface area contributed by atoms with Crippen molar-refractivity contribution in [3.63, 3.8) is 0 Å². The van der Waals surface area contributed by atoms with Crippen LogP contribution in [0.4, 0.5) is 5.69 Å². The Labute approximate surface area is 109 Å². The summed E-state index contributed by atoms with van der Waals surface area (Å²) in [7, 11) is 0. The van der Waals surface area contributed by atoms with Gasteiger partial charge in [0.25, 0.3) is 0 Å². The Bertz CT molecular complexity index is 403. The minimum Gasteiger partial charge on any atom is -0.489 e. The molecule has 0 aliphatic rings. The predicted octanol–water partition coefficient (Wildman–Crippen LogP) is 2.40. The summed E-state index contributed by atoms with van der Waals surface area (Å²) < 4.78 is 5.63. The molecule has 3 N–H and O–H groups in total. The van der Waals surface area contributed by atoms with Gasteiger partial charge in [-0.2, -0.15) is 0 Å². The predicted molar refractivity (Wildman–Crippen MR) is 73.6 cm³/mol. The molecular formula is C14H22N2O2. The molecule has 0 fully saturated rings. The molecule has 1 unspecified atom stereocenters. The number of anilines is 1. The van der Waals surface area contributed by atoms with E-state index in [-0.39, 0.29) is 17.9 Å².